The highest BCUT2D eigenvalue weighted by Crippen LogP contribution is 2.22. The number of rotatable bonds is 4. The lowest BCUT2D eigenvalue weighted by Crippen LogP contribution is -2.27. The summed E-state index contributed by atoms with van der Waals surface area (Å²) in [4.78, 5) is 35.2. The van der Waals surface area contributed by atoms with Crippen molar-refractivity contribution < 1.29 is 18.5 Å². The molecule has 0 unspecified atom stereocenters. The van der Waals surface area contributed by atoms with Crippen LogP contribution in [0.25, 0.3) is 5.69 Å². The molecular formula is C18H12F2N4O4. The molecule has 0 saturated carbocycles. The molecule has 3 aromatic rings. The van der Waals surface area contributed by atoms with E-state index in [4.69, 9.17) is 0 Å². The van der Waals surface area contributed by atoms with Gasteiger partial charge in [-0.05, 0) is 25.1 Å². The quantitative estimate of drug-likeness (QED) is 0.548. The maximum atomic E-state index is 13.7. The zero-order valence-corrected chi connectivity index (χ0v) is 14.3. The number of nitro benzene ring substituents is 1. The number of para-hydroxylation sites is 2. The molecule has 1 amide bonds. The monoisotopic (exact) mass is 386 g/mol. The van der Waals surface area contributed by atoms with Gasteiger partial charge in [0.2, 0.25) is 5.43 Å². The predicted octanol–water partition coefficient (Wildman–Crippen LogP) is 2.98. The number of hydrogen-bond donors (Lipinski definition) is 1. The van der Waals surface area contributed by atoms with Gasteiger partial charge in [-0.3, -0.25) is 19.7 Å². The summed E-state index contributed by atoms with van der Waals surface area (Å²) in [7, 11) is 0. The lowest BCUT2D eigenvalue weighted by Gasteiger charge is -2.12. The number of anilines is 1. The van der Waals surface area contributed by atoms with Crippen molar-refractivity contribution in [3.8, 4) is 5.69 Å². The molecule has 28 heavy (non-hydrogen) atoms. The SMILES string of the molecule is Cc1cc(=O)c(C(=O)Nc2ccc(F)cc2F)nn1-c1ccccc1[N+](=O)[O-]. The normalized spacial score (nSPS) is 10.5. The Bertz CT molecular complexity index is 1160. The minimum atomic E-state index is -1.04. The van der Waals surface area contributed by atoms with Crippen LogP contribution in [0.15, 0.2) is 53.3 Å². The maximum Gasteiger partial charge on any atom is 0.294 e. The zero-order valence-electron chi connectivity index (χ0n) is 14.3. The van der Waals surface area contributed by atoms with E-state index in [9.17, 15) is 28.5 Å². The first-order valence-electron chi connectivity index (χ1n) is 7.89. The Morgan fingerprint density at radius 2 is 1.89 bits per heavy atom. The van der Waals surface area contributed by atoms with Gasteiger partial charge in [-0.25, -0.2) is 13.5 Å². The molecule has 0 fully saturated rings. The van der Waals surface area contributed by atoms with Gasteiger partial charge in [0, 0.05) is 23.9 Å². The molecule has 1 aromatic heterocycles. The van der Waals surface area contributed by atoms with Crippen molar-refractivity contribution in [1.29, 1.82) is 0 Å². The molecule has 0 aliphatic rings. The highest BCUT2D eigenvalue weighted by atomic mass is 19.1. The molecule has 8 nitrogen and oxygen atoms in total. The van der Waals surface area contributed by atoms with Crippen LogP contribution in [0.1, 0.15) is 16.2 Å². The van der Waals surface area contributed by atoms with Crippen LogP contribution in [0.3, 0.4) is 0 Å². The van der Waals surface area contributed by atoms with E-state index in [-0.39, 0.29) is 22.8 Å². The summed E-state index contributed by atoms with van der Waals surface area (Å²) in [5, 5.41) is 17.3. The lowest BCUT2D eigenvalue weighted by atomic mass is 10.2. The molecule has 3 rings (SSSR count). The van der Waals surface area contributed by atoms with E-state index in [1.807, 2.05) is 0 Å². The number of amides is 1. The average molecular weight is 386 g/mol. The minimum absolute atomic E-state index is 0.0482. The molecule has 1 heterocycles. The van der Waals surface area contributed by atoms with Gasteiger partial charge in [0.15, 0.2) is 5.69 Å². The molecule has 0 aliphatic heterocycles. The van der Waals surface area contributed by atoms with Crippen molar-refractivity contribution in [3.63, 3.8) is 0 Å². The van der Waals surface area contributed by atoms with E-state index in [2.05, 4.69) is 10.4 Å². The van der Waals surface area contributed by atoms with Crippen molar-refractivity contribution in [1.82, 2.24) is 9.78 Å². The predicted molar refractivity (Wildman–Crippen MR) is 95.5 cm³/mol. The van der Waals surface area contributed by atoms with Crippen molar-refractivity contribution >= 4 is 17.3 Å². The highest BCUT2D eigenvalue weighted by Gasteiger charge is 2.21. The van der Waals surface area contributed by atoms with E-state index in [0.717, 1.165) is 22.9 Å². The third-order valence-electron chi connectivity index (χ3n) is 3.81. The van der Waals surface area contributed by atoms with E-state index < -0.39 is 33.6 Å². The second-order valence-electron chi connectivity index (χ2n) is 5.73. The van der Waals surface area contributed by atoms with Gasteiger partial charge in [0.1, 0.15) is 17.3 Å². The average Bonchev–Trinajstić information content (AvgIpc) is 2.64. The number of carbonyl (C=O) groups is 1. The van der Waals surface area contributed by atoms with Crippen LogP contribution in [0.5, 0.6) is 0 Å². The minimum Gasteiger partial charge on any atom is -0.318 e. The fourth-order valence-electron chi connectivity index (χ4n) is 2.52. The molecule has 0 atom stereocenters. The van der Waals surface area contributed by atoms with Gasteiger partial charge in [-0.2, -0.15) is 5.10 Å². The Hall–Kier alpha value is -3.95. The first kappa shape index (κ1) is 18.8. The summed E-state index contributed by atoms with van der Waals surface area (Å²) >= 11 is 0. The van der Waals surface area contributed by atoms with Crippen LogP contribution < -0.4 is 10.7 Å². The number of halogens is 2. The number of nitrogens with one attached hydrogen (secondary N) is 1. The third-order valence-corrected chi connectivity index (χ3v) is 3.81. The molecule has 0 aliphatic carbocycles. The molecule has 0 spiro atoms. The van der Waals surface area contributed by atoms with E-state index >= 15 is 0 Å². The zero-order chi connectivity index (χ0) is 20.4. The van der Waals surface area contributed by atoms with E-state index in [0.29, 0.717) is 6.07 Å². The van der Waals surface area contributed by atoms with Crippen molar-refractivity contribution in [2.45, 2.75) is 6.92 Å². The standard InChI is InChI=1S/C18H12F2N4O4/c1-10-8-16(25)17(18(26)21-13-7-6-11(19)9-12(13)20)22-23(10)14-4-2-3-5-15(14)24(27)28/h2-9H,1H3,(H,21,26). The Balaban J connectivity index is 2.06. The summed E-state index contributed by atoms with van der Waals surface area (Å²) in [6, 6.07) is 9.25. The fraction of sp³-hybridized carbons (Fsp3) is 0.0556. The molecule has 142 valence electrons. The highest BCUT2D eigenvalue weighted by molar-refractivity contribution is 6.02. The summed E-state index contributed by atoms with van der Waals surface area (Å²) in [6.07, 6.45) is 0. The Labute approximate surface area is 156 Å². The van der Waals surface area contributed by atoms with Crippen molar-refractivity contribution in [2.24, 2.45) is 0 Å². The van der Waals surface area contributed by atoms with Crippen LogP contribution in [-0.4, -0.2) is 20.6 Å². The summed E-state index contributed by atoms with van der Waals surface area (Å²) in [5.74, 6) is -2.90. The molecule has 0 saturated heterocycles. The molecule has 1 N–H and O–H groups in total. The van der Waals surface area contributed by atoms with Crippen LogP contribution in [-0.2, 0) is 0 Å². The van der Waals surface area contributed by atoms with E-state index in [1.165, 1.54) is 31.2 Å². The number of nitrogens with zero attached hydrogens (tertiary/aromatic N) is 3. The van der Waals surface area contributed by atoms with Gasteiger partial charge in [-0.15, -0.1) is 0 Å². The van der Waals surface area contributed by atoms with Gasteiger partial charge >= 0.3 is 0 Å². The molecule has 0 bridgehead atoms. The molecule has 10 heteroatoms. The smallest absolute Gasteiger partial charge is 0.294 e. The second kappa shape index (κ2) is 7.35. The van der Waals surface area contributed by atoms with Gasteiger partial charge in [-0.1, -0.05) is 12.1 Å². The summed E-state index contributed by atoms with van der Waals surface area (Å²) in [6.45, 7) is 1.49. The van der Waals surface area contributed by atoms with Crippen LogP contribution >= 0.6 is 0 Å². The Morgan fingerprint density at radius 1 is 1.18 bits per heavy atom. The largest absolute Gasteiger partial charge is 0.318 e. The molecule has 2 aromatic carbocycles. The van der Waals surface area contributed by atoms with Crippen LogP contribution in [0.2, 0.25) is 0 Å². The van der Waals surface area contributed by atoms with Gasteiger partial charge in [0.25, 0.3) is 11.6 Å². The number of carbonyl (C=O) groups excluding carboxylic acids is 1. The number of hydrogen-bond acceptors (Lipinski definition) is 5. The van der Waals surface area contributed by atoms with Gasteiger partial charge in [0.05, 0.1) is 10.6 Å². The van der Waals surface area contributed by atoms with Crippen LogP contribution in [0, 0.1) is 28.7 Å². The molecular weight excluding hydrogens is 374 g/mol. The lowest BCUT2D eigenvalue weighted by molar-refractivity contribution is -0.384. The first-order valence-corrected chi connectivity index (χ1v) is 7.89. The number of aryl methyl sites for hydroxylation is 1. The number of aromatic nitrogens is 2. The Morgan fingerprint density at radius 3 is 2.57 bits per heavy atom. The second-order valence-corrected chi connectivity index (χ2v) is 5.73. The molecule has 0 radical (unpaired) electrons. The van der Waals surface area contributed by atoms with Gasteiger partial charge < -0.3 is 5.32 Å². The van der Waals surface area contributed by atoms with Crippen molar-refractivity contribution in [2.75, 3.05) is 5.32 Å². The Kier molecular flexibility index (Phi) is 4.94. The maximum absolute atomic E-state index is 13.7. The van der Waals surface area contributed by atoms with E-state index in [1.54, 1.807) is 0 Å². The van der Waals surface area contributed by atoms with Crippen molar-refractivity contribution in [3.05, 3.63) is 91.9 Å². The topological polar surface area (TPSA) is 107 Å². The summed E-state index contributed by atoms with van der Waals surface area (Å²) < 4.78 is 27.8. The number of benzene rings is 2. The van der Waals surface area contributed by atoms with Crippen LogP contribution in [0.4, 0.5) is 20.2 Å². The number of nitro groups is 1. The first-order chi connectivity index (χ1) is 13.3. The summed E-state index contributed by atoms with van der Waals surface area (Å²) in [5.41, 5.74) is -1.68. The fourth-order valence-corrected chi connectivity index (χ4v) is 2.52. The third kappa shape index (κ3) is 3.61.